The fraction of sp³-hybridized carbons (Fsp3) is 0.444. The topological polar surface area (TPSA) is 17.8 Å². The molecule has 0 unspecified atom stereocenters. The average Bonchev–Trinajstić information content (AvgIpc) is 2.27. The zero-order chi connectivity index (χ0) is 7.84. The van der Waals surface area contributed by atoms with Crippen LogP contribution in [0.3, 0.4) is 0 Å². The van der Waals surface area contributed by atoms with Crippen LogP contribution in [-0.2, 0) is 13.5 Å². The predicted molar refractivity (Wildman–Crippen MR) is 45.2 cm³/mol. The first-order valence-electron chi connectivity index (χ1n) is 3.95. The highest BCUT2D eigenvalue weighted by Gasteiger charge is 2.10. The fourth-order valence-corrected chi connectivity index (χ4v) is 1.51. The molecule has 0 spiro atoms. The van der Waals surface area contributed by atoms with Crippen LogP contribution in [0.5, 0.6) is 0 Å². The van der Waals surface area contributed by atoms with E-state index in [2.05, 4.69) is 24.3 Å². The molecule has 58 valence electrons. The van der Waals surface area contributed by atoms with E-state index in [1.165, 1.54) is 17.6 Å². The maximum atomic E-state index is 4.34. The van der Waals surface area contributed by atoms with Crippen LogP contribution in [0.4, 0.5) is 0 Å². The molecule has 0 fully saturated rings. The van der Waals surface area contributed by atoms with Crippen molar-refractivity contribution >= 4 is 6.08 Å². The number of nitrogens with zero attached hydrogens (tertiary/aromatic N) is 2. The van der Waals surface area contributed by atoms with Crippen LogP contribution in [0.15, 0.2) is 11.8 Å². The van der Waals surface area contributed by atoms with Crippen molar-refractivity contribution in [3.63, 3.8) is 0 Å². The molecule has 0 aliphatic heterocycles. The van der Waals surface area contributed by atoms with Gasteiger partial charge in [0.25, 0.3) is 0 Å². The summed E-state index contributed by atoms with van der Waals surface area (Å²) in [5, 5.41) is 4.34. The predicted octanol–water partition coefficient (Wildman–Crippen LogP) is 1.77. The highest BCUT2D eigenvalue weighted by molar-refractivity contribution is 5.54. The van der Waals surface area contributed by atoms with Crippen LogP contribution < -0.4 is 0 Å². The van der Waals surface area contributed by atoms with Crippen LogP contribution in [0, 0.1) is 0 Å². The van der Waals surface area contributed by atoms with Gasteiger partial charge in [-0.3, -0.25) is 4.68 Å². The van der Waals surface area contributed by atoms with E-state index in [4.69, 9.17) is 0 Å². The lowest BCUT2D eigenvalue weighted by molar-refractivity contribution is 0.764. The first-order valence-corrected chi connectivity index (χ1v) is 3.95. The lowest BCUT2D eigenvalue weighted by Gasteiger charge is -2.06. The minimum atomic E-state index is 1.16. The molecule has 0 radical (unpaired) electrons. The Morgan fingerprint density at radius 1 is 1.45 bits per heavy atom. The minimum absolute atomic E-state index is 1.16. The van der Waals surface area contributed by atoms with Crippen molar-refractivity contribution in [1.82, 2.24) is 9.78 Å². The molecule has 1 aromatic rings. The van der Waals surface area contributed by atoms with Gasteiger partial charge in [-0.1, -0.05) is 5.57 Å². The molecule has 2 nitrogen and oxygen atoms in total. The molecule has 11 heavy (non-hydrogen) atoms. The second-order valence-electron chi connectivity index (χ2n) is 3.20. The third-order valence-electron chi connectivity index (χ3n) is 2.11. The molecule has 2 heteroatoms. The van der Waals surface area contributed by atoms with E-state index in [0.29, 0.717) is 0 Å². The molecule has 0 saturated heterocycles. The number of hydrogen-bond acceptors (Lipinski definition) is 1. The van der Waals surface area contributed by atoms with E-state index in [0.717, 1.165) is 12.1 Å². The SMILES string of the molecule is CC1=Cc2nn(C)cc2CC1. The molecule has 0 amide bonds. The Kier molecular flexibility index (Phi) is 1.34. The summed E-state index contributed by atoms with van der Waals surface area (Å²) >= 11 is 0. The number of aromatic nitrogens is 2. The summed E-state index contributed by atoms with van der Waals surface area (Å²) in [5.41, 5.74) is 3.99. The Hall–Kier alpha value is -1.05. The van der Waals surface area contributed by atoms with Gasteiger partial charge in [-0.15, -0.1) is 0 Å². The molecule has 1 aromatic heterocycles. The summed E-state index contributed by atoms with van der Waals surface area (Å²) in [5.74, 6) is 0. The number of aryl methyl sites for hydroxylation is 2. The van der Waals surface area contributed by atoms with E-state index in [1.807, 2.05) is 11.7 Å². The van der Waals surface area contributed by atoms with E-state index in [1.54, 1.807) is 0 Å². The van der Waals surface area contributed by atoms with Gasteiger partial charge in [-0.2, -0.15) is 5.10 Å². The Morgan fingerprint density at radius 3 is 3.09 bits per heavy atom. The summed E-state index contributed by atoms with van der Waals surface area (Å²) in [6.45, 7) is 2.16. The average molecular weight is 148 g/mol. The molecule has 0 saturated carbocycles. The van der Waals surface area contributed by atoms with Crippen molar-refractivity contribution in [1.29, 1.82) is 0 Å². The number of allylic oxidation sites excluding steroid dienone is 1. The van der Waals surface area contributed by atoms with Crippen LogP contribution in [0.1, 0.15) is 24.6 Å². The van der Waals surface area contributed by atoms with Crippen molar-refractivity contribution in [2.45, 2.75) is 19.8 Å². The van der Waals surface area contributed by atoms with Crippen LogP contribution >= 0.6 is 0 Å². The molecule has 1 heterocycles. The normalized spacial score (nSPS) is 16.0. The van der Waals surface area contributed by atoms with Gasteiger partial charge < -0.3 is 0 Å². The van der Waals surface area contributed by atoms with Crippen molar-refractivity contribution < 1.29 is 0 Å². The van der Waals surface area contributed by atoms with Crippen LogP contribution in [-0.4, -0.2) is 9.78 Å². The van der Waals surface area contributed by atoms with Gasteiger partial charge in [0.2, 0.25) is 0 Å². The lowest BCUT2D eigenvalue weighted by Crippen LogP contribution is -1.94. The van der Waals surface area contributed by atoms with Crippen LogP contribution in [0.25, 0.3) is 6.08 Å². The maximum absolute atomic E-state index is 4.34. The summed E-state index contributed by atoms with van der Waals surface area (Å²) < 4.78 is 1.89. The third-order valence-corrected chi connectivity index (χ3v) is 2.11. The first kappa shape index (κ1) is 6.65. The molecular formula is C9H12N2. The monoisotopic (exact) mass is 148 g/mol. The quantitative estimate of drug-likeness (QED) is 0.548. The molecule has 0 N–H and O–H groups in total. The van der Waals surface area contributed by atoms with E-state index >= 15 is 0 Å². The van der Waals surface area contributed by atoms with Gasteiger partial charge in [0.15, 0.2) is 0 Å². The largest absolute Gasteiger partial charge is 0.275 e. The van der Waals surface area contributed by atoms with Gasteiger partial charge in [0.1, 0.15) is 0 Å². The maximum Gasteiger partial charge on any atom is 0.0882 e. The van der Waals surface area contributed by atoms with Crippen LogP contribution in [0.2, 0.25) is 0 Å². The van der Waals surface area contributed by atoms with Crippen molar-refractivity contribution in [2.75, 3.05) is 0 Å². The summed E-state index contributed by atoms with van der Waals surface area (Å²) in [6, 6.07) is 0. The smallest absolute Gasteiger partial charge is 0.0882 e. The first-order chi connectivity index (χ1) is 5.25. The van der Waals surface area contributed by atoms with E-state index < -0.39 is 0 Å². The summed E-state index contributed by atoms with van der Waals surface area (Å²) in [7, 11) is 1.97. The fourth-order valence-electron chi connectivity index (χ4n) is 1.51. The third kappa shape index (κ3) is 1.09. The number of fused-ring (bicyclic) bond motifs is 1. The molecule has 0 bridgehead atoms. The zero-order valence-corrected chi connectivity index (χ0v) is 6.96. The van der Waals surface area contributed by atoms with Gasteiger partial charge in [-0.25, -0.2) is 0 Å². The zero-order valence-electron chi connectivity index (χ0n) is 6.96. The second-order valence-corrected chi connectivity index (χ2v) is 3.20. The molecular weight excluding hydrogens is 136 g/mol. The molecule has 0 aromatic carbocycles. The van der Waals surface area contributed by atoms with Crippen molar-refractivity contribution in [2.24, 2.45) is 7.05 Å². The van der Waals surface area contributed by atoms with Gasteiger partial charge in [0.05, 0.1) is 5.69 Å². The lowest BCUT2D eigenvalue weighted by atomic mass is 9.99. The molecule has 2 rings (SSSR count). The Labute approximate surface area is 66.5 Å². The highest BCUT2D eigenvalue weighted by Crippen LogP contribution is 2.21. The molecule has 1 aliphatic rings. The highest BCUT2D eigenvalue weighted by atomic mass is 15.2. The second kappa shape index (κ2) is 2.22. The Morgan fingerprint density at radius 2 is 2.27 bits per heavy atom. The van der Waals surface area contributed by atoms with Crippen molar-refractivity contribution in [3.8, 4) is 0 Å². The Bertz CT molecular complexity index is 307. The molecule has 0 atom stereocenters. The van der Waals surface area contributed by atoms with Crippen molar-refractivity contribution in [3.05, 3.63) is 23.0 Å². The number of rotatable bonds is 0. The van der Waals surface area contributed by atoms with E-state index in [-0.39, 0.29) is 0 Å². The van der Waals surface area contributed by atoms with Gasteiger partial charge in [0, 0.05) is 13.2 Å². The van der Waals surface area contributed by atoms with Gasteiger partial charge >= 0.3 is 0 Å². The summed E-state index contributed by atoms with van der Waals surface area (Å²) in [4.78, 5) is 0. The van der Waals surface area contributed by atoms with Gasteiger partial charge in [-0.05, 0) is 31.4 Å². The molecule has 1 aliphatic carbocycles. The Balaban J connectivity index is 2.50. The standard InChI is InChI=1S/C9H12N2/c1-7-3-4-8-6-11(2)10-9(8)5-7/h5-6H,3-4H2,1-2H3. The summed E-state index contributed by atoms with van der Waals surface area (Å²) in [6.07, 6.45) is 6.64. The minimum Gasteiger partial charge on any atom is -0.275 e. The van der Waals surface area contributed by atoms with E-state index in [9.17, 15) is 0 Å². The number of hydrogen-bond donors (Lipinski definition) is 0.